The first-order valence-corrected chi connectivity index (χ1v) is 7.93. The molecule has 0 bridgehead atoms. The molecule has 0 fully saturated rings. The molecular weight excluding hydrogens is 338 g/mol. The quantitative estimate of drug-likeness (QED) is 0.765. The van der Waals surface area contributed by atoms with E-state index in [4.69, 9.17) is 18.9 Å². The summed E-state index contributed by atoms with van der Waals surface area (Å²) in [6.45, 7) is 0.204. The maximum atomic E-state index is 12.5. The fourth-order valence-electron chi connectivity index (χ4n) is 2.77. The monoisotopic (exact) mass is 357 g/mol. The zero-order valence-corrected chi connectivity index (χ0v) is 14.8. The number of fused-ring (bicyclic) bond motifs is 1. The Bertz CT molecular complexity index is 848. The van der Waals surface area contributed by atoms with E-state index < -0.39 is 5.97 Å². The highest BCUT2D eigenvalue weighted by Gasteiger charge is 2.27. The van der Waals surface area contributed by atoms with Gasteiger partial charge in [-0.05, 0) is 30.3 Å². The van der Waals surface area contributed by atoms with Crippen LogP contribution < -0.4 is 19.1 Å². The second-order valence-electron chi connectivity index (χ2n) is 5.62. The van der Waals surface area contributed by atoms with Crippen molar-refractivity contribution in [3.05, 3.63) is 47.5 Å². The number of carbonyl (C=O) groups is 2. The minimum atomic E-state index is -0.479. The molecule has 7 heteroatoms. The van der Waals surface area contributed by atoms with Crippen LogP contribution in [0.15, 0.2) is 36.4 Å². The van der Waals surface area contributed by atoms with Crippen molar-refractivity contribution >= 4 is 17.6 Å². The molecule has 1 amide bonds. The number of methoxy groups -OCH3 is 3. The summed E-state index contributed by atoms with van der Waals surface area (Å²) in [6.07, 6.45) is 0. The fourth-order valence-corrected chi connectivity index (χ4v) is 2.77. The smallest absolute Gasteiger partial charge is 0.337 e. The van der Waals surface area contributed by atoms with Crippen molar-refractivity contribution in [1.82, 2.24) is 0 Å². The molecule has 26 heavy (non-hydrogen) atoms. The van der Waals surface area contributed by atoms with Gasteiger partial charge in [-0.25, -0.2) is 4.79 Å². The van der Waals surface area contributed by atoms with E-state index in [1.807, 2.05) is 6.07 Å². The van der Waals surface area contributed by atoms with E-state index in [1.54, 1.807) is 49.5 Å². The van der Waals surface area contributed by atoms with Crippen LogP contribution in [0.25, 0.3) is 0 Å². The molecule has 0 N–H and O–H groups in total. The number of hydrogen-bond donors (Lipinski definition) is 0. The second-order valence-corrected chi connectivity index (χ2v) is 5.62. The molecule has 2 aromatic carbocycles. The average molecular weight is 357 g/mol. The summed E-state index contributed by atoms with van der Waals surface area (Å²) in [5, 5.41) is 0. The Hall–Kier alpha value is -3.22. The topological polar surface area (TPSA) is 74.3 Å². The highest BCUT2D eigenvalue weighted by atomic mass is 16.5. The molecule has 0 saturated heterocycles. The number of benzene rings is 2. The number of rotatable bonds is 5. The summed E-state index contributed by atoms with van der Waals surface area (Å²) in [5.74, 6) is 1.11. The Morgan fingerprint density at radius 3 is 2.62 bits per heavy atom. The standard InChI is InChI=1S/C19H19NO6/c1-23-14-6-4-13(17(9-14)24-2)10-20-15-8-12(19(22)25-3)5-7-16(15)26-11-18(20)21/h4-9H,10-11H2,1-3H3. The van der Waals surface area contributed by atoms with Crippen LogP contribution in [0.4, 0.5) is 5.69 Å². The molecule has 0 unspecified atom stereocenters. The number of nitrogens with zero attached hydrogens (tertiary/aromatic N) is 1. The van der Waals surface area contributed by atoms with Crippen LogP contribution in [-0.4, -0.2) is 39.8 Å². The molecule has 136 valence electrons. The van der Waals surface area contributed by atoms with Crippen molar-refractivity contribution in [2.75, 3.05) is 32.8 Å². The maximum Gasteiger partial charge on any atom is 0.337 e. The van der Waals surface area contributed by atoms with Crippen LogP contribution in [0.5, 0.6) is 17.2 Å². The van der Waals surface area contributed by atoms with Gasteiger partial charge >= 0.3 is 5.97 Å². The Morgan fingerprint density at radius 2 is 1.92 bits per heavy atom. The molecule has 7 nitrogen and oxygen atoms in total. The first-order valence-electron chi connectivity index (χ1n) is 7.93. The van der Waals surface area contributed by atoms with Gasteiger partial charge in [-0.15, -0.1) is 0 Å². The number of anilines is 1. The molecule has 0 spiro atoms. The van der Waals surface area contributed by atoms with Crippen LogP contribution in [0.2, 0.25) is 0 Å². The molecule has 1 heterocycles. The molecule has 0 aliphatic carbocycles. The van der Waals surface area contributed by atoms with Gasteiger partial charge in [0.25, 0.3) is 5.91 Å². The zero-order chi connectivity index (χ0) is 18.7. The summed E-state index contributed by atoms with van der Waals surface area (Å²) in [4.78, 5) is 25.8. The van der Waals surface area contributed by atoms with Crippen LogP contribution in [0, 0.1) is 0 Å². The lowest BCUT2D eigenvalue weighted by molar-refractivity contribution is -0.121. The van der Waals surface area contributed by atoms with Crippen molar-refractivity contribution in [3.8, 4) is 17.2 Å². The van der Waals surface area contributed by atoms with Crippen molar-refractivity contribution in [2.45, 2.75) is 6.54 Å². The van der Waals surface area contributed by atoms with Gasteiger partial charge in [0.2, 0.25) is 0 Å². The van der Waals surface area contributed by atoms with Crippen LogP contribution in [0.3, 0.4) is 0 Å². The Morgan fingerprint density at radius 1 is 1.12 bits per heavy atom. The van der Waals surface area contributed by atoms with E-state index in [0.29, 0.717) is 28.5 Å². The molecule has 0 atom stereocenters. The normalized spacial score (nSPS) is 12.9. The fraction of sp³-hybridized carbons (Fsp3) is 0.263. The molecular formula is C19H19NO6. The van der Waals surface area contributed by atoms with E-state index in [2.05, 4.69) is 0 Å². The predicted octanol–water partition coefficient (Wildman–Crippen LogP) is 2.42. The largest absolute Gasteiger partial charge is 0.497 e. The van der Waals surface area contributed by atoms with Crippen LogP contribution >= 0.6 is 0 Å². The lowest BCUT2D eigenvalue weighted by Gasteiger charge is -2.30. The Balaban J connectivity index is 1.98. The van der Waals surface area contributed by atoms with E-state index in [1.165, 1.54) is 7.11 Å². The summed E-state index contributed by atoms with van der Waals surface area (Å²) in [6, 6.07) is 10.2. The lowest BCUT2D eigenvalue weighted by atomic mass is 10.1. The van der Waals surface area contributed by atoms with Crippen LogP contribution in [0.1, 0.15) is 15.9 Å². The minimum Gasteiger partial charge on any atom is -0.497 e. The van der Waals surface area contributed by atoms with Gasteiger partial charge in [-0.1, -0.05) is 0 Å². The van der Waals surface area contributed by atoms with Gasteiger partial charge in [0.15, 0.2) is 6.61 Å². The van der Waals surface area contributed by atoms with Gasteiger partial charge in [0, 0.05) is 11.6 Å². The van der Waals surface area contributed by atoms with Crippen molar-refractivity contribution in [2.24, 2.45) is 0 Å². The van der Waals surface area contributed by atoms with Crippen LogP contribution in [-0.2, 0) is 16.1 Å². The molecule has 0 radical (unpaired) electrons. The molecule has 0 saturated carbocycles. The van der Waals surface area contributed by atoms with E-state index >= 15 is 0 Å². The molecule has 3 rings (SSSR count). The highest BCUT2D eigenvalue weighted by molar-refractivity contribution is 6.00. The van der Waals surface area contributed by atoms with Gasteiger partial charge in [0.1, 0.15) is 17.2 Å². The maximum absolute atomic E-state index is 12.5. The predicted molar refractivity (Wildman–Crippen MR) is 94.0 cm³/mol. The van der Waals surface area contributed by atoms with Gasteiger partial charge in [0.05, 0.1) is 39.1 Å². The van der Waals surface area contributed by atoms with Crippen molar-refractivity contribution < 1.29 is 28.5 Å². The third kappa shape index (κ3) is 3.28. The number of hydrogen-bond acceptors (Lipinski definition) is 6. The number of carbonyl (C=O) groups excluding carboxylic acids is 2. The van der Waals surface area contributed by atoms with Crippen molar-refractivity contribution in [1.29, 1.82) is 0 Å². The average Bonchev–Trinajstić information content (AvgIpc) is 2.69. The Labute approximate surface area is 151 Å². The first-order chi connectivity index (χ1) is 12.6. The SMILES string of the molecule is COC(=O)c1ccc2c(c1)N(Cc1ccc(OC)cc1OC)C(=O)CO2. The molecule has 2 aromatic rings. The van der Waals surface area contributed by atoms with E-state index in [-0.39, 0.29) is 19.1 Å². The lowest BCUT2D eigenvalue weighted by Crippen LogP contribution is -2.38. The summed E-state index contributed by atoms with van der Waals surface area (Å²) in [7, 11) is 4.44. The molecule has 1 aliphatic rings. The number of ether oxygens (including phenoxy) is 4. The zero-order valence-electron chi connectivity index (χ0n) is 14.8. The number of amides is 1. The van der Waals surface area contributed by atoms with E-state index in [9.17, 15) is 9.59 Å². The third-order valence-corrected chi connectivity index (χ3v) is 4.15. The summed E-state index contributed by atoms with van der Waals surface area (Å²) < 4.78 is 20.8. The first kappa shape index (κ1) is 17.6. The third-order valence-electron chi connectivity index (χ3n) is 4.15. The highest BCUT2D eigenvalue weighted by Crippen LogP contribution is 2.36. The minimum absolute atomic E-state index is 0.0664. The van der Waals surface area contributed by atoms with Crippen molar-refractivity contribution in [3.63, 3.8) is 0 Å². The molecule has 1 aliphatic heterocycles. The van der Waals surface area contributed by atoms with Gasteiger partial charge in [-0.3, -0.25) is 4.79 Å². The van der Waals surface area contributed by atoms with E-state index in [0.717, 1.165) is 5.56 Å². The Kier molecular flexibility index (Phi) is 4.97. The molecule has 0 aromatic heterocycles. The van der Waals surface area contributed by atoms with Gasteiger partial charge in [-0.2, -0.15) is 0 Å². The summed E-state index contributed by atoms with van der Waals surface area (Å²) >= 11 is 0. The van der Waals surface area contributed by atoms with Gasteiger partial charge < -0.3 is 23.8 Å². The number of esters is 1. The second kappa shape index (κ2) is 7.35. The summed E-state index contributed by atoms with van der Waals surface area (Å²) in [5.41, 5.74) is 1.66.